The second kappa shape index (κ2) is 7.72. The largest absolute Gasteiger partial charge is 0.449 e. The lowest BCUT2D eigenvalue weighted by atomic mass is 9.96. The van der Waals surface area contributed by atoms with E-state index in [0.717, 1.165) is 0 Å². The zero-order valence-corrected chi connectivity index (χ0v) is 17.7. The normalized spacial score (nSPS) is 22.1. The fourth-order valence-electron chi connectivity index (χ4n) is 3.73. The lowest BCUT2D eigenvalue weighted by Gasteiger charge is -2.40. The van der Waals surface area contributed by atoms with Crippen molar-refractivity contribution >= 4 is 28.3 Å². The average Bonchev–Trinajstić information content (AvgIpc) is 3.01. The zero-order chi connectivity index (χ0) is 22.4. The Morgan fingerprint density at radius 2 is 2.10 bits per heavy atom. The third-order valence-corrected chi connectivity index (χ3v) is 5.70. The third kappa shape index (κ3) is 4.47. The Labute approximate surface area is 180 Å². The van der Waals surface area contributed by atoms with Gasteiger partial charge >= 0.3 is 0 Å². The van der Waals surface area contributed by atoms with E-state index in [4.69, 9.17) is 14.6 Å². The Kier molecular flexibility index (Phi) is 5.34. The van der Waals surface area contributed by atoms with Crippen LogP contribution in [0.15, 0.2) is 41.6 Å². The van der Waals surface area contributed by atoms with Crippen LogP contribution in [0, 0.1) is 0 Å². The van der Waals surface area contributed by atoms with Crippen LogP contribution < -0.4 is 24.8 Å². The fourth-order valence-corrected chi connectivity index (χ4v) is 4.13. The number of hydrogen-bond donors (Lipinski definition) is 2. The zero-order valence-electron chi connectivity index (χ0n) is 16.9. The first kappa shape index (κ1) is 21.4. The minimum atomic E-state index is -2.99. The molecule has 31 heavy (non-hydrogen) atoms. The number of para-hydroxylation sites is 1. The molecule has 0 aliphatic carbocycles. The molecule has 4 rings (SSSR count). The Morgan fingerprint density at radius 3 is 2.84 bits per heavy atom. The molecular formula is C20H22F2N4O4S. The Morgan fingerprint density at radius 1 is 1.32 bits per heavy atom. The van der Waals surface area contributed by atoms with Gasteiger partial charge < -0.3 is 19.7 Å². The van der Waals surface area contributed by atoms with Crippen molar-refractivity contribution in [3.05, 3.63) is 36.5 Å². The summed E-state index contributed by atoms with van der Waals surface area (Å²) >= 11 is 0. The van der Waals surface area contributed by atoms with Gasteiger partial charge in [0.25, 0.3) is 5.92 Å². The molecule has 0 spiro atoms. The maximum atomic E-state index is 14.3. The van der Waals surface area contributed by atoms with Crippen LogP contribution >= 0.6 is 0 Å². The number of carbonyl (C=O) groups excluding carboxylic acids is 1. The maximum absolute atomic E-state index is 14.3. The Bertz CT molecular complexity index is 1050. The molecule has 166 valence electrons. The van der Waals surface area contributed by atoms with Crippen LogP contribution in [0.5, 0.6) is 11.5 Å². The van der Waals surface area contributed by atoms with Gasteiger partial charge in [0.15, 0.2) is 11.5 Å². The van der Waals surface area contributed by atoms with Gasteiger partial charge in [-0.1, -0.05) is 6.07 Å². The van der Waals surface area contributed by atoms with Gasteiger partial charge in [0.05, 0.1) is 5.69 Å². The highest BCUT2D eigenvalue weighted by atomic mass is 32.2. The van der Waals surface area contributed by atoms with Crippen LogP contribution in [0.4, 0.5) is 20.2 Å². The minimum Gasteiger partial charge on any atom is -0.449 e. The van der Waals surface area contributed by atoms with Crippen molar-refractivity contribution in [2.24, 2.45) is 5.14 Å². The number of fused-ring (bicyclic) bond motifs is 1. The number of alkyl halides is 2. The van der Waals surface area contributed by atoms with E-state index in [0.29, 0.717) is 17.2 Å². The molecule has 3 N–H and O–H groups in total. The molecule has 1 aromatic heterocycles. The number of pyridine rings is 1. The van der Waals surface area contributed by atoms with Crippen LogP contribution in [0.2, 0.25) is 0 Å². The van der Waals surface area contributed by atoms with Crippen LogP contribution in [0.25, 0.3) is 0 Å². The van der Waals surface area contributed by atoms with Crippen molar-refractivity contribution in [2.75, 3.05) is 16.8 Å². The molecule has 2 aromatic rings. The first-order valence-electron chi connectivity index (χ1n) is 9.63. The van der Waals surface area contributed by atoms with E-state index < -0.39 is 47.5 Å². The van der Waals surface area contributed by atoms with Gasteiger partial charge in [-0.25, -0.2) is 23.1 Å². The molecule has 2 aliphatic heterocycles. The number of aromatic nitrogens is 1. The minimum absolute atomic E-state index is 0.0419. The smallest absolute Gasteiger partial charge is 0.252 e. The van der Waals surface area contributed by atoms with Crippen LogP contribution in [0.1, 0.15) is 26.7 Å². The molecule has 2 unspecified atom stereocenters. The van der Waals surface area contributed by atoms with Crippen molar-refractivity contribution in [3.63, 3.8) is 0 Å². The summed E-state index contributed by atoms with van der Waals surface area (Å²) in [5, 5.41) is 8.01. The number of rotatable bonds is 4. The van der Waals surface area contributed by atoms with Crippen molar-refractivity contribution in [1.82, 2.24) is 4.98 Å². The summed E-state index contributed by atoms with van der Waals surface area (Å²) in [7, 11) is -1.84. The highest BCUT2D eigenvalue weighted by Crippen LogP contribution is 2.48. The molecule has 1 fully saturated rings. The standard InChI is InChI=1S/C20H22F2N4O4S/c1-19(2)29-15-5-3-4-13(17(15)30-19)26-9-7-20(21,22)11-14(26)18(27)25-12-6-8-24-16(10-12)31(23)28/h3-6,8,10,14H,7,9,11,23H2,1-2H3,(H,24,25,27). The predicted molar refractivity (Wildman–Crippen MR) is 111 cm³/mol. The monoisotopic (exact) mass is 452 g/mol. The third-order valence-electron chi connectivity index (χ3n) is 5.07. The van der Waals surface area contributed by atoms with Crippen molar-refractivity contribution in [1.29, 1.82) is 0 Å². The summed E-state index contributed by atoms with van der Waals surface area (Å²) in [5.74, 6) is -3.62. The van der Waals surface area contributed by atoms with Crippen molar-refractivity contribution < 1.29 is 27.3 Å². The van der Waals surface area contributed by atoms with Gasteiger partial charge in [0.2, 0.25) is 11.7 Å². The topological polar surface area (TPSA) is 107 Å². The van der Waals surface area contributed by atoms with Crippen molar-refractivity contribution in [3.8, 4) is 11.5 Å². The molecule has 1 saturated heterocycles. The number of ether oxygens (including phenoxy) is 2. The van der Waals surface area contributed by atoms with Gasteiger partial charge in [0, 0.05) is 45.1 Å². The number of piperidine rings is 1. The summed E-state index contributed by atoms with van der Waals surface area (Å²) in [6, 6.07) is 6.83. The average molecular weight is 452 g/mol. The molecule has 0 radical (unpaired) electrons. The summed E-state index contributed by atoms with van der Waals surface area (Å²) in [6.07, 6.45) is 0.282. The van der Waals surface area contributed by atoms with Gasteiger partial charge in [-0.15, -0.1) is 0 Å². The molecule has 8 nitrogen and oxygen atoms in total. The van der Waals surface area contributed by atoms with E-state index in [1.54, 1.807) is 36.9 Å². The lowest BCUT2D eigenvalue weighted by Crippen LogP contribution is -2.53. The molecule has 2 atom stereocenters. The Hall–Kier alpha value is -2.79. The van der Waals surface area contributed by atoms with Gasteiger partial charge in [-0.05, 0) is 24.3 Å². The second-order valence-corrected chi connectivity index (χ2v) is 8.91. The van der Waals surface area contributed by atoms with E-state index in [1.807, 2.05) is 0 Å². The maximum Gasteiger partial charge on any atom is 0.252 e. The number of anilines is 2. The number of hydrogen-bond acceptors (Lipinski definition) is 6. The van der Waals surface area contributed by atoms with Crippen molar-refractivity contribution in [2.45, 2.75) is 49.5 Å². The number of nitrogens with zero attached hydrogens (tertiary/aromatic N) is 2. The summed E-state index contributed by atoms with van der Waals surface area (Å²) < 4.78 is 51.6. The number of nitrogens with one attached hydrogen (secondary N) is 1. The first-order chi connectivity index (χ1) is 14.5. The molecule has 1 amide bonds. The number of nitrogens with two attached hydrogens (primary N) is 1. The van der Waals surface area contributed by atoms with Gasteiger partial charge in [-0.3, -0.25) is 4.79 Å². The number of amides is 1. The summed E-state index contributed by atoms with van der Waals surface area (Å²) in [6.45, 7) is 3.45. The number of carbonyl (C=O) groups is 1. The van der Waals surface area contributed by atoms with Crippen LogP contribution in [0.3, 0.4) is 0 Å². The summed E-state index contributed by atoms with van der Waals surface area (Å²) in [5.41, 5.74) is 0.777. The molecule has 0 saturated carbocycles. The predicted octanol–water partition coefficient (Wildman–Crippen LogP) is 2.81. The molecule has 3 heterocycles. The quantitative estimate of drug-likeness (QED) is 0.739. The number of halogens is 2. The molecular weight excluding hydrogens is 430 g/mol. The van der Waals surface area contributed by atoms with Crippen LogP contribution in [-0.4, -0.2) is 39.4 Å². The van der Waals surface area contributed by atoms with E-state index in [2.05, 4.69) is 10.3 Å². The van der Waals surface area contributed by atoms with E-state index in [9.17, 15) is 17.8 Å². The highest BCUT2D eigenvalue weighted by molar-refractivity contribution is 7.82. The number of benzene rings is 1. The molecule has 0 bridgehead atoms. The van der Waals surface area contributed by atoms with Gasteiger partial charge in [0.1, 0.15) is 22.1 Å². The summed E-state index contributed by atoms with van der Waals surface area (Å²) in [4.78, 5) is 18.5. The SMILES string of the molecule is CC1(C)Oc2cccc(N3CCC(F)(F)CC3C(=O)Nc3ccnc(S(N)=O)c3)c2O1. The Balaban J connectivity index is 1.65. The van der Waals surface area contributed by atoms with E-state index in [-0.39, 0.29) is 17.3 Å². The highest BCUT2D eigenvalue weighted by Gasteiger charge is 2.45. The van der Waals surface area contributed by atoms with Gasteiger partial charge in [-0.2, -0.15) is 0 Å². The van der Waals surface area contributed by atoms with E-state index in [1.165, 1.54) is 18.3 Å². The fraction of sp³-hybridized carbons (Fsp3) is 0.400. The lowest BCUT2D eigenvalue weighted by molar-refractivity contribution is -0.121. The first-order valence-corrected chi connectivity index (χ1v) is 10.8. The van der Waals surface area contributed by atoms with E-state index >= 15 is 0 Å². The molecule has 2 aliphatic rings. The van der Waals surface area contributed by atoms with Crippen LogP contribution in [-0.2, 0) is 15.8 Å². The molecule has 1 aromatic carbocycles. The second-order valence-electron chi connectivity index (χ2n) is 7.90. The molecule has 11 heteroatoms.